The van der Waals surface area contributed by atoms with E-state index in [9.17, 15) is 9.59 Å². The molecule has 2 N–H and O–H groups in total. The summed E-state index contributed by atoms with van der Waals surface area (Å²) in [7, 11) is 0. The summed E-state index contributed by atoms with van der Waals surface area (Å²) in [6.45, 7) is 0. The number of hydrogen-bond acceptors (Lipinski definition) is 5. The molecule has 5 rings (SSSR count). The first-order valence-electron chi connectivity index (χ1n) is 8.98. The lowest BCUT2D eigenvalue weighted by molar-refractivity contribution is 0.0826. The summed E-state index contributed by atoms with van der Waals surface area (Å²) >= 11 is 10.6. The molecule has 0 atom stereocenters. The van der Waals surface area contributed by atoms with Gasteiger partial charge in [-0.25, -0.2) is 4.99 Å². The minimum Gasteiger partial charge on any atom is -0.348 e. The van der Waals surface area contributed by atoms with E-state index in [0.717, 1.165) is 24.7 Å². The summed E-state index contributed by atoms with van der Waals surface area (Å²) in [5.41, 5.74) is 1.20. The lowest BCUT2D eigenvalue weighted by Gasteiger charge is -2.32. The molecule has 0 unspecified atom stereocenters. The number of ketones is 2. The van der Waals surface area contributed by atoms with Crippen LogP contribution in [0.3, 0.4) is 0 Å². The fraction of sp³-hybridized carbons (Fsp3) is 0.0455. The Morgan fingerprint density at radius 2 is 1.33 bits per heavy atom. The third-order valence-electron chi connectivity index (χ3n) is 5.10. The first kappa shape index (κ1) is 19.7. The lowest BCUT2D eigenvalue weighted by atomic mass is 9.99. The highest BCUT2D eigenvalue weighted by atomic mass is 79.9. The minimum atomic E-state index is -1.71. The average molecular weight is 590 g/mol. The number of rotatable bonds is 1. The second-order valence-corrected chi connectivity index (χ2v) is 9.54. The third-order valence-corrected chi connectivity index (χ3v) is 6.81. The third kappa shape index (κ3) is 2.89. The number of aliphatic imine (C=N–C) groups is 1. The second-order valence-electron chi connectivity index (χ2n) is 6.91. The largest absolute Gasteiger partial charge is 0.348 e. The van der Waals surface area contributed by atoms with Gasteiger partial charge in [0.1, 0.15) is 5.84 Å². The van der Waals surface area contributed by atoms with E-state index in [-0.39, 0.29) is 11.6 Å². The van der Waals surface area contributed by atoms with Gasteiger partial charge in [-0.3, -0.25) is 9.59 Å². The van der Waals surface area contributed by atoms with Crippen LogP contribution >= 0.6 is 47.8 Å². The van der Waals surface area contributed by atoms with E-state index in [1.54, 1.807) is 24.3 Å². The number of Topliss-reactive ketones (excluding diaryl/α,β-unsaturated/α-hetero) is 2. The highest BCUT2D eigenvalue weighted by molar-refractivity contribution is 9.11. The van der Waals surface area contributed by atoms with Crippen molar-refractivity contribution in [1.82, 2.24) is 0 Å². The van der Waals surface area contributed by atoms with E-state index < -0.39 is 5.66 Å². The maximum Gasteiger partial charge on any atom is 0.259 e. The van der Waals surface area contributed by atoms with Crippen molar-refractivity contribution >= 4 is 76.6 Å². The molecule has 2 aliphatic rings. The van der Waals surface area contributed by atoms with Crippen LogP contribution in [0, 0.1) is 0 Å². The Labute approximate surface area is 197 Å². The second kappa shape index (κ2) is 7.14. The van der Waals surface area contributed by atoms with Gasteiger partial charge >= 0.3 is 0 Å². The molecule has 8 heteroatoms. The number of para-hydroxylation sites is 1. The van der Waals surface area contributed by atoms with E-state index in [1.807, 2.05) is 36.4 Å². The Morgan fingerprint density at radius 1 is 0.800 bits per heavy atom. The monoisotopic (exact) mass is 587 g/mol. The number of carbonyl (C=O) groups is 2. The highest BCUT2D eigenvalue weighted by Gasteiger charge is 2.55. The van der Waals surface area contributed by atoms with Crippen LogP contribution < -0.4 is 10.6 Å². The SMILES string of the molecule is O=C1c2ccccc2C(=O)C12N=C(Nc1c(Br)cc(Br)cc1Br)c1ccccc1N2. The molecule has 0 aromatic heterocycles. The van der Waals surface area contributed by atoms with Crippen LogP contribution in [0.25, 0.3) is 0 Å². The Balaban J connectivity index is 1.69. The molecular weight excluding hydrogens is 578 g/mol. The van der Waals surface area contributed by atoms with Gasteiger partial charge in [-0.1, -0.05) is 52.3 Å². The maximum absolute atomic E-state index is 13.3. The molecule has 0 amide bonds. The maximum atomic E-state index is 13.3. The molecule has 148 valence electrons. The molecular formula is C22H12Br3N3O2. The van der Waals surface area contributed by atoms with Gasteiger partial charge in [-0.05, 0) is 56.1 Å². The highest BCUT2D eigenvalue weighted by Crippen LogP contribution is 2.40. The van der Waals surface area contributed by atoms with Gasteiger partial charge in [0.15, 0.2) is 0 Å². The van der Waals surface area contributed by atoms with Crippen LogP contribution in [0.5, 0.6) is 0 Å². The number of amidine groups is 1. The zero-order valence-corrected chi connectivity index (χ0v) is 19.9. The number of benzene rings is 3. The Kier molecular flexibility index (Phi) is 4.68. The van der Waals surface area contributed by atoms with Crippen LogP contribution in [0.15, 0.2) is 79.1 Å². The molecule has 0 bridgehead atoms. The number of anilines is 2. The van der Waals surface area contributed by atoms with Gasteiger partial charge in [-0.15, -0.1) is 0 Å². The zero-order valence-electron chi connectivity index (χ0n) is 15.2. The van der Waals surface area contributed by atoms with Crippen molar-refractivity contribution in [3.8, 4) is 0 Å². The topological polar surface area (TPSA) is 70.6 Å². The van der Waals surface area contributed by atoms with Crippen LogP contribution in [-0.2, 0) is 0 Å². The van der Waals surface area contributed by atoms with Crippen molar-refractivity contribution in [2.45, 2.75) is 5.66 Å². The summed E-state index contributed by atoms with van der Waals surface area (Å²) in [5.74, 6) is -0.278. The average Bonchev–Trinajstić information content (AvgIpc) is 2.93. The molecule has 0 saturated heterocycles. The van der Waals surface area contributed by atoms with Gasteiger partial charge in [-0.2, -0.15) is 0 Å². The molecule has 5 nitrogen and oxygen atoms in total. The molecule has 0 fully saturated rings. The van der Waals surface area contributed by atoms with Crippen molar-refractivity contribution in [3.05, 3.63) is 90.8 Å². The van der Waals surface area contributed by atoms with Crippen LogP contribution in [0.2, 0.25) is 0 Å². The first-order chi connectivity index (χ1) is 14.4. The summed E-state index contributed by atoms with van der Waals surface area (Å²) in [5, 5.41) is 6.43. The Bertz CT molecular complexity index is 1230. The predicted molar refractivity (Wildman–Crippen MR) is 128 cm³/mol. The molecule has 0 saturated carbocycles. The summed E-state index contributed by atoms with van der Waals surface area (Å²) < 4.78 is 2.49. The van der Waals surface area contributed by atoms with Gasteiger partial charge in [0.2, 0.25) is 11.6 Å². The molecule has 1 heterocycles. The number of carbonyl (C=O) groups excluding carboxylic acids is 2. The van der Waals surface area contributed by atoms with Crippen molar-refractivity contribution in [2.75, 3.05) is 10.6 Å². The normalized spacial score (nSPS) is 16.0. The quantitative estimate of drug-likeness (QED) is 0.340. The van der Waals surface area contributed by atoms with Crippen LogP contribution in [0.1, 0.15) is 26.3 Å². The molecule has 30 heavy (non-hydrogen) atoms. The van der Waals surface area contributed by atoms with Crippen LogP contribution in [0.4, 0.5) is 11.4 Å². The fourth-order valence-corrected chi connectivity index (χ4v) is 6.17. The fourth-order valence-electron chi connectivity index (χ4n) is 3.71. The van der Waals surface area contributed by atoms with Crippen molar-refractivity contribution in [1.29, 1.82) is 0 Å². The smallest absolute Gasteiger partial charge is 0.259 e. The number of fused-ring (bicyclic) bond motifs is 2. The number of halogens is 3. The number of hydrogen-bond donors (Lipinski definition) is 2. The van der Waals surface area contributed by atoms with Crippen molar-refractivity contribution < 1.29 is 9.59 Å². The minimum absolute atomic E-state index is 0.356. The molecule has 0 radical (unpaired) electrons. The summed E-state index contributed by atoms with van der Waals surface area (Å²) in [6, 6.07) is 18.1. The molecule has 1 spiro atoms. The zero-order chi connectivity index (χ0) is 21.0. The van der Waals surface area contributed by atoms with Gasteiger partial charge in [0.05, 0.1) is 5.69 Å². The first-order valence-corrected chi connectivity index (χ1v) is 11.4. The van der Waals surface area contributed by atoms with E-state index in [4.69, 9.17) is 0 Å². The number of nitrogens with one attached hydrogen (secondary N) is 2. The Hall–Kier alpha value is -2.29. The predicted octanol–water partition coefficient (Wildman–Crippen LogP) is 6.03. The summed E-state index contributed by atoms with van der Waals surface area (Å²) in [6.07, 6.45) is 0. The van der Waals surface area contributed by atoms with E-state index in [2.05, 4.69) is 63.4 Å². The summed E-state index contributed by atoms with van der Waals surface area (Å²) in [4.78, 5) is 31.3. The standard InChI is InChI=1S/C22H12Br3N3O2/c23-11-9-15(24)18(16(25)10-11)26-21-14-7-3-4-8-17(14)27-22(28-21)19(29)12-5-1-2-6-13(12)20(22)30/h1-10,27H,(H,26,28). The molecule has 3 aromatic rings. The van der Waals surface area contributed by atoms with Gasteiger partial charge in [0.25, 0.3) is 5.66 Å². The van der Waals surface area contributed by atoms with E-state index >= 15 is 0 Å². The van der Waals surface area contributed by atoms with Gasteiger partial charge in [0, 0.05) is 35.8 Å². The van der Waals surface area contributed by atoms with Crippen LogP contribution in [-0.4, -0.2) is 23.1 Å². The van der Waals surface area contributed by atoms with Gasteiger partial charge < -0.3 is 10.6 Å². The Morgan fingerprint density at radius 3 is 1.93 bits per heavy atom. The van der Waals surface area contributed by atoms with Crippen molar-refractivity contribution in [3.63, 3.8) is 0 Å². The van der Waals surface area contributed by atoms with Crippen molar-refractivity contribution in [2.24, 2.45) is 4.99 Å². The van der Waals surface area contributed by atoms with E-state index in [1.165, 1.54) is 0 Å². The molecule has 1 aliphatic heterocycles. The number of nitrogens with zero attached hydrogens (tertiary/aromatic N) is 1. The molecule has 1 aliphatic carbocycles. The lowest BCUT2D eigenvalue weighted by Crippen LogP contribution is -2.51. The molecule has 3 aromatic carbocycles. The van der Waals surface area contributed by atoms with E-state index in [0.29, 0.717) is 22.6 Å².